The number of nitrogens with zero attached hydrogens (tertiary/aromatic N) is 1. The standard InChI is InChI=1S/C16H11Cl2NO2/c17-13-4-3-12(14(18)8-13)9-19-6-5-10-1-2-11(16(20)21)7-15(10)19/h1-8H,9H2,(H,20,21). The van der Waals surface area contributed by atoms with E-state index in [1.54, 1.807) is 30.3 Å². The van der Waals surface area contributed by atoms with Crippen LogP contribution in [0.3, 0.4) is 0 Å². The second kappa shape index (κ2) is 5.43. The molecule has 5 heteroatoms. The highest BCUT2D eigenvalue weighted by molar-refractivity contribution is 6.35. The van der Waals surface area contributed by atoms with E-state index in [9.17, 15) is 4.79 Å². The van der Waals surface area contributed by atoms with Crippen molar-refractivity contribution in [2.45, 2.75) is 6.54 Å². The van der Waals surface area contributed by atoms with Crippen molar-refractivity contribution in [1.29, 1.82) is 0 Å². The number of carboxylic acid groups (broad SMARTS) is 1. The molecular weight excluding hydrogens is 309 g/mol. The van der Waals surface area contributed by atoms with Crippen LogP contribution in [0.25, 0.3) is 10.9 Å². The SMILES string of the molecule is O=C(O)c1ccc2ccn(Cc3ccc(Cl)cc3Cl)c2c1. The summed E-state index contributed by atoms with van der Waals surface area (Å²) >= 11 is 12.1. The lowest BCUT2D eigenvalue weighted by molar-refractivity contribution is 0.0697. The van der Waals surface area contributed by atoms with Crippen LogP contribution in [0, 0.1) is 0 Å². The topological polar surface area (TPSA) is 42.2 Å². The lowest BCUT2D eigenvalue weighted by Crippen LogP contribution is -2.00. The van der Waals surface area contributed by atoms with Crippen molar-refractivity contribution < 1.29 is 9.90 Å². The molecule has 21 heavy (non-hydrogen) atoms. The zero-order valence-corrected chi connectivity index (χ0v) is 12.4. The second-order valence-corrected chi connectivity index (χ2v) is 5.60. The molecule has 0 spiro atoms. The summed E-state index contributed by atoms with van der Waals surface area (Å²) in [5.74, 6) is -0.936. The maximum atomic E-state index is 11.1. The molecule has 0 saturated carbocycles. The highest BCUT2D eigenvalue weighted by Crippen LogP contribution is 2.24. The molecule has 0 unspecified atom stereocenters. The molecule has 2 aromatic carbocycles. The van der Waals surface area contributed by atoms with E-state index in [1.807, 2.05) is 22.9 Å². The number of aromatic nitrogens is 1. The first-order chi connectivity index (χ1) is 10.0. The van der Waals surface area contributed by atoms with Crippen LogP contribution in [-0.4, -0.2) is 15.6 Å². The first kappa shape index (κ1) is 14.0. The van der Waals surface area contributed by atoms with Gasteiger partial charge in [-0.25, -0.2) is 4.79 Å². The molecule has 3 aromatic rings. The maximum absolute atomic E-state index is 11.1. The van der Waals surface area contributed by atoms with Crippen LogP contribution in [0.4, 0.5) is 0 Å². The van der Waals surface area contributed by atoms with Crippen LogP contribution in [0.5, 0.6) is 0 Å². The van der Waals surface area contributed by atoms with Gasteiger partial charge in [-0.1, -0.05) is 35.3 Å². The summed E-state index contributed by atoms with van der Waals surface area (Å²) in [6, 6.07) is 12.4. The third-order valence-electron chi connectivity index (χ3n) is 3.38. The maximum Gasteiger partial charge on any atom is 0.335 e. The third-order valence-corrected chi connectivity index (χ3v) is 3.96. The number of carbonyl (C=O) groups is 1. The summed E-state index contributed by atoms with van der Waals surface area (Å²) in [5.41, 5.74) is 2.06. The van der Waals surface area contributed by atoms with Gasteiger partial charge in [0.1, 0.15) is 0 Å². The Kier molecular flexibility index (Phi) is 3.62. The van der Waals surface area contributed by atoms with Gasteiger partial charge in [0.2, 0.25) is 0 Å². The second-order valence-electron chi connectivity index (χ2n) is 4.76. The predicted octanol–water partition coefficient (Wildman–Crippen LogP) is 4.69. The van der Waals surface area contributed by atoms with Crippen molar-refractivity contribution in [3.63, 3.8) is 0 Å². The Morgan fingerprint density at radius 2 is 1.90 bits per heavy atom. The van der Waals surface area contributed by atoms with Gasteiger partial charge in [0.15, 0.2) is 0 Å². The molecule has 0 bridgehead atoms. The van der Waals surface area contributed by atoms with Crippen molar-refractivity contribution in [3.8, 4) is 0 Å². The van der Waals surface area contributed by atoms with Crippen LogP contribution >= 0.6 is 23.2 Å². The number of benzene rings is 2. The van der Waals surface area contributed by atoms with Crippen molar-refractivity contribution in [2.75, 3.05) is 0 Å². The monoisotopic (exact) mass is 319 g/mol. The molecule has 1 heterocycles. The molecule has 0 aliphatic heterocycles. The van der Waals surface area contributed by atoms with Gasteiger partial charge < -0.3 is 9.67 Å². The third kappa shape index (κ3) is 2.75. The highest BCUT2D eigenvalue weighted by atomic mass is 35.5. The van der Waals surface area contributed by atoms with Gasteiger partial charge in [0.25, 0.3) is 0 Å². The minimum absolute atomic E-state index is 0.268. The normalized spacial score (nSPS) is 11.0. The summed E-state index contributed by atoms with van der Waals surface area (Å²) in [7, 11) is 0. The van der Waals surface area contributed by atoms with Gasteiger partial charge in [-0.05, 0) is 41.3 Å². The van der Waals surface area contributed by atoms with Gasteiger partial charge in [-0.15, -0.1) is 0 Å². The lowest BCUT2D eigenvalue weighted by atomic mass is 10.1. The van der Waals surface area contributed by atoms with Crippen LogP contribution in [0.15, 0.2) is 48.7 Å². The van der Waals surface area contributed by atoms with E-state index in [2.05, 4.69) is 0 Å². The minimum Gasteiger partial charge on any atom is -0.478 e. The largest absolute Gasteiger partial charge is 0.478 e. The predicted molar refractivity (Wildman–Crippen MR) is 84.5 cm³/mol. The Morgan fingerprint density at radius 3 is 2.62 bits per heavy atom. The van der Waals surface area contributed by atoms with Gasteiger partial charge >= 0.3 is 5.97 Å². The molecule has 0 saturated heterocycles. The van der Waals surface area contributed by atoms with Crippen LogP contribution in [0.1, 0.15) is 15.9 Å². The molecule has 106 valence electrons. The van der Waals surface area contributed by atoms with E-state index >= 15 is 0 Å². The molecule has 1 aromatic heterocycles. The fraction of sp³-hybridized carbons (Fsp3) is 0.0625. The number of carboxylic acids is 1. The Morgan fingerprint density at radius 1 is 1.10 bits per heavy atom. The summed E-state index contributed by atoms with van der Waals surface area (Å²) in [4.78, 5) is 11.1. The average Bonchev–Trinajstić information content (AvgIpc) is 2.84. The Hall–Kier alpha value is -1.97. The Balaban J connectivity index is 2.04. The van der Waals surface area contributed by atoms with Gasteiger partial charge in [0, 0.05) is 28.3 Å². The summed E-state index contributed by atoms with van der Waals surface area (Å²) in [6.07, 6.45) is 1.92. The molecule has 3 rings (SSSR count). The van der Waals surface area contributed by atoms with Crippen molar-refractivity contribution in [2.24, 2.45) is 0 Å². The fourth-order valence-electron chi connectivity index (χ4n) is 2.29. The molecule has 0 fully saturated rings. The number of hydrogen-bond donors (Lipinski definition) is 1. The van der Waals surface area contributed by atoms with Crippen LogP contribution in [0.2, 0.25) is 10.0 Å². The van der Waals surface area contributed by atoms with Crippen molar-refractivity contribution >= 4 is 40.1 Å². The first-order valence-corrected chi connectivity index (χ1v) is 7.06. The summed E-state index contributed by atoms with van der Waals surface area (Å²) in [5, 5.41) is 11.3. The van der Waals surface area contributed by atoms with Crippen molar-refractivity contribution in [1.82, 2.24) is 4.57 Å². The molecule has 3 nitrogen and oxygen atoms in total. The van der Waals surface area contributed by atoms with E-state index in [0.29, 0.717) is 16.6 Å². The molecule has 0 atom stereocenters. The smallest absolute Gasteiger partial charge is 0.335 e. The van der Waals surface area contributed by atoms with E-state index in [-0.39, 0.29) is 5.56 Å². The molecular formula is C16H11Cl2NO2. The molecule has 1 N–H and O–H groups in total. The molecule has 0 radical (unpaired) electrons. The van der Waals surface area contributed by atoms with Crippen LogP contribution in [-0.2, 0) is 6.54 Å². The minimum atomic E-state index is -0.936. The molecule has 0 aliphatic rings. The van der Waals surface area contributed by atoms with E-state index in [1.165, 1.54) is 0 Å². The van der Waals surface area contributed by atoms with Crippen LogP contribution < -0.4 is 0 Å². The zero-order valence-electron chi connectivity index (χ0n) is 10.9. The van der Waals surface area contributed by atoms with Gasteiger partial charge in [-0.3, -0.25) is 0 Å². The summed E-state index contributed by atoms with van der Waals surface area (Å²) in [6.45, 7) is 0.558. The van der Waals surface area contributed by atoms with E-state index in [4.69, 9.17) is 28.3 Å². The highest BCUT2D eigenvalue weighted by Gasteiger charge is 2.09. The quantitative estimate of drug-likeness (QED) is 0.760. The zero-order chi connectivity index (χ0) is 15.0. The fourth-order valence-corrected chi connectivity index (χ4v) is 2.76. The van der Waals surface area contributed by atoms with E-state index in [0.717, 1.165) is 16.5 Å². The van der Waals surface area contributed by atoms with Crippen molar-refractivity contribution in [3.05, 3.63) is 69.8 Å². The average molecular weight is 320 g/mol. The Bertz CT molecular complexity index is 839. The number of halogens is 2. The van der Waals surface area contributed by atoms with E-state index < -0.39 is 5.97 Å². The molecule has 0 aliphatic carbocycles. The molecule has 0 amide bonds. The van der Waals surface area contributed by atoms with Gasteiger partial charge in [0.05, 0.1) is 5.56 Å². The van der Waals surface area contributed by atoms with Gasteiger partial charge in [-0.2, -0.15) is 0 Å². The number of rotatable bonds is 3. The number of aromatic carboxylic acids is 1. The summed E-state index contributed by atoms with van der Waals surface area (Å²) < 4.78 is 1.97. The first-order valence-electron chi connectivity index (χ1n) is 6.31. The number of fused-ring (bicyclic) bond motifs is 1. The lowest BCUT2D eigenvalue weighted by Gasteiger charge is -2.08. The number of hydrogen-bond acceptors (Lipinski definition) is 1. The Labute approximate surface area is 131 Å².